The Morgan fingerprint density at radius 1 is 1.32 bits per heavy atom. The molecule has 5 nitrogen and oxygen atoms in total. The normalized spacial score (nSPS) is 10.4. The molecule has 0 spiro atoms. The zero-order valence-electron chi connectivity index (χ0n) is 11.0. The van der Waals surface area contributed by atoms with Gasteiger partial charge in [-0.25, -0.2) is 4.79 Å². The predicted octanol–water partition coefficient (Wildman–Crippen LogP) is 1.56. The number of aromatic nitrogens is 1. The summed E-state index contributed by atoms with van der Waals surface area (Å²) in [6.07, 6.45) is 1.76. The number of nitrogens with one attached hydrogen (secondary N) is 1. The molecule has 100 valence electrons. The van der Waals surface area contributed by atoms with Crippen molar-refractivity contribution >= 4 is 22.8 Å². The van der Waals surface area contributed by atoms with Crippen molar-refractivity contribution in [1.82, 2.24) is 9.88 Å². The zero-order chi connectivity index (χ0) is 13.8. The van der Waals surface area contributed by atoms with Crippen molar-refractivity contribution in [3.05, 3.63) is 36.0 Å². The number of fused-ring (bicyclic) bond motifs is 1. The second-order valence-electron chi connectivity index (χ2n) is 4.10. The van der Waals surface area contributed by atoms with Crippen molar-refractivity contribution in [2.45, 2.75) is 13.5 Å². The highest BCUT2D eigenvalue weighted by atomic mass is 16.5. The third-order valence-corrected chi connectivity index (χ3v) is 2.96. The largest absolute Gasteiger partial charge is 0.452 e. The number of aryl methyl sites for hydroxylation is 1. The molecule has 1 N–H and O–H groups in total. The maximum atomic E-state index is 12.0. The number of hydrogen-bond donors (Lipinski definition) is 1. The van der Waals surface area contributed by atoms with Gasteiger partial charge in [0.05, 0.1) is 5.56 Å². The Morgan fingerprint density at radius 2 is 2.05 bits per heavy atom. The second-order valence-corrected chi connectivity index (χ2v) is 4.10. The number of likely N-dealkylation sites (N-methyl/N-ethyl adjacent to an activating group) is 1. The van der Waals surface area contributed by atoms with Crippen LogP contribution >= 0.6 is 0 Å². The van der Waals surface area contributed by atoms with Crippen molar-refractivity contribution in [2.24, 2.45) is 0 Å². The molecule has 1 aromatic carbocycles. The molecule has 2 rings (SSSR count). The molecule has 19 heavy (non-hydrogen) atoms. The summed E-state index contributed by atoms with van der Waals surface area (Å²) in [4.78, 5) is 23.1. The van der Waals surface area contributed by atoms with E-state index in [-0.39, 0.29) is 12.5 Å². The number of esters is 1. The van der Waals surface area contributed by atoms with Crippen LogP contribution in [0.1, 0.15) is 17.3 Å². The van der Waals surface area contributed by atoms with Gasteiger partial charge in [0.25, 0.3) is 5.91 Å². The molecule has 1 aromatic heterocycles. The van der Waals surface area contributed by atoms with Gasteiger partial charge >= 0.3 is 5.97 Å². The molecule has 0 unspecified atom stereocenters. The van der Waals surface area contributed by atoms with Crippen LogP contribution in [0.5, 0.6) is 0 Å². The molecule has 0 saturated heterocycles. The van der Waals surface area contributed by atoms with Gasteiger partial charge in [-0.1, -0.05) is 18.2 Å². The van der Waals surface area contributed by atoms with Crippen molar-refractivity contribution in [1.29, 1.82) is 0 Å². The van der Waals surface area contributed by atoms with Crippen molar-refractivity contribution in [2.75, 3.05) is 13.7 Å². The van der Waals surface area contributed by atoms with E-state index >= 15 is 0 Å². The van der Waals surface area contributed by atoms with Gasteiger partial charge in [0, 0.05) is 30.7 Å². The van der Waals surface area contributed by atoms with E-state index < -0.39 is 5.97 Å². The number of para-hydroxylation sites is 1. The topological polar surface area (TPSA) is 60.3 Å². The van der Waals surface area contributed by atoms with Crippen molar-refractivity contribution < 1.29 is 14.3 Å². The fourth-order valence-electron chi connectivity index (χ4n) is 1.95. The summed E-state index contributed by atoms with van der Waals surface area (Å²) in [5.41, 5.74) is 1.47. The van der Waals surface area contributed by atoms with E-state index in [2.05, 4.69) is 5.32 Å². The Balaban J connectivity index is 2.29. The van der Waals surface area contributed by atoms with Gasteiger partial charge in [-0.15, -0.1) is 0 Å². The predicted molar refractivity (Wildman–Crippen MR) is 72.0 cm³/mol. The average Bonchev–Trinajstić information content (AvgIpc) is 2.83. The van der Waals surface area contributed by atoms with E-state index in [4.69, 9.17) is 4.74 Å². The minimum atomic E-state index is -0.480. The second kappa shape index (κ2) is 5.56. The molecule has 1 amide bonds. The lowest BCUT2D eigenvalue weighted by Gasteiger charge is -2.02. The number of ether oxygens (including phenoxy) is 1. The minimum Gasteiger partial charge on any atom is -0.452 e. The fraction of sp³-hybridized carbons (Fsp3) is 0.286. The highest BCUT2D eigenvalue weighted by molar-refractivity contribution is 6.04. The standard InChI is InChI=1S/C14H16N2O3/c1-3-16-8-11(10-6-4-5-7-12(10)16)14(18)19-9-13(17)15-2/h4-8H,3,9H2,1-2H3,(H,15,17). The van der Waals surface area contributed by atoms with Crippen LogP contribution in [0.4, 0.5) is 0 Å². The van der Waals surface area contributed by atoms with E-state index in [0.717, 1.165) is 17.4 Å². The van der Waals surface area contributed by atoms with Gasteiger partial charge in [0.15, 0.2) is 6.61 Å². The first-order valence-electron chi connectivity index (χ1n) is 6.13. The molecular formula is C14H16N2O3. The molecule has 5 heteroatoms. The van der Waals surface area contributed by atoms with Gasteiger partial charge in [-0.05, 0) is 13.0 Å². The van der Waals surface area contributed by atoms with E-state index in [1.165, 1.54) is 7.05 Å². The van der Waals surface area contributed by atoms with Gasteiger partial charge in [0.2, 0.25) is 0 Å². The third-order valence-electron chi connectivity index (χ3n) is 2.96. The molecule has 2 aromatic rings. The SMILES string of the molecule is CCn1cc(C(=O)OCC(=O)NC)c2ccccc21. The van der Waals surface area contributed by atoms with Crippen LogP contribution in [-0.2, 0) is 16.1 Å². The maximum Gasteiger partial charge on any atom is 0.340 e. The molecule has 0 fully saturated rings. The van der Waals surface area contributed by atoms with E-state index in [0.29, 0.717) is 5.56 Å². The fourth-order valence-corrected chi connectivity index (χ4v) is 1.95. The van der Waals surface area contributed by atoms with Crippen LogP contribution in [-0.4, -0.2) is 30.1 Å². The summed E-state index contributed by atoms with van der Waals surface area (Å²) >= 11 is 0. The van der Waals surface area contributed by atoms with Crippen LogP contribution in [0.2, 0.25) is 0 Å². The number of rotatable bonds is 4. The molecule has 0 saturated carbocycles. The van der Waals surface area contributed by atoms with Crippen LogP contribution in [0, 0.1) is 0 Å². The lowest BCUT2D eigenvalue weighted by molar-refractivity contribution is -0.123. The molecular weight excluding hydrogens is 244 g/mol. The highest BCUT2D eigenvalue weighted by Gasteiger charge is 2.16. The molecule has 0 aliphatic heterocycles. The summed E-state index contributed by atoms with van der Waals surface area (Å²) in [5.74, 6) is -0.806. The Kier molecular flexibility index (Phi) is 3.85. The quantitative estimate of drug-likeness (QED) is 0.849. The van der Waals surface area contributed by atoms with Gasteiger partial charge < -0.3 is 14.6 Å². The first-order chi connectivity index (χ1) is 9.17. The number of nitrogens with zero attached hydrogens (tertiary/aromatic N) is 1. The van der Waals surface area contributed by atoms with E-state index in [1.54, 1.807) is 6.20 Å². The highest BCUT2D eigenvalue weighted by Crippen LogP contribution is 2.21. The Morgan fingerprint density at radius 3 is 2.74 bits per heavy atom. The minimum absolute atomic E-state index is 0.263. The van der Waals surface area contributed by atoms with Crippen LogP contribution in [0.15, 0.2) is 30.5 Å². The number of hydrogen-bond acceptors (Lipinski definition) is 3. The molecule has 0 aliphatic carbocycles. The lowest BCUT2D eigenvalue weighted by atomic mass is 10.2. The summed E-state index contributed by atoms with van der Waals surface area (Å²) < 4.78 is 6.96. The molecule has 0 bridgehead atoms. The number of benzene rings is 1. The molecule has 1 heterocycles. The first-order valence-corrected chi connectivity index (χ1v) is 6.13. The third kappa shape index (κ3) is 2.59. The van der Waals surface area contributed by atoms with Crippen LogP contribution in [0.25, 0.3) is 10.9 Å². The number of amides is 1. The number of carbonyl (C=O) groups excluding carboxylic acids is 2. The maximum absolute atomic E-state index is 12.0. The summed E-state index contributed by atoms with van der Waals surface area (Å²) in [7, 11) is 1.50. The van der Waals surface area contributed by atoms with Crippen molar-refractivity contribution in [3.8, 4) is 0 Å². The average molecular weight is 260 g/mol. The first kappa shape index (κ1) is 13.1. The number of carbonyl (C=O) groups is 2. The lowest BCUT2D eigenvalue weighted by Crippen LogP contribution is -2.25. The summed E-state index contributed by atoms with van der Waals surface area (Å²) in [6.45, 7) is 2.51. The molecule has 0 radical (unpaired) electrons. The van der Waals surface area contributed by atoms with E-state index in [1.807, 2.05) is 35.8 Å². The molecule has 0 atom stereocenters. The summed E-state index contributed by atoms with van der Waals surface area (Å²) in [6, 6.07) is 7.62. The monoisotopic (exact) mass is 260 g/mol. The van der Waals surface area contributed by atoms with Crippen molar-refractivity contribution in [3.63, 3.8) is 0 Å². The summed E-state index contributed by atoms with van der Waals surface area (Å²) in [5, 5.41) is 3.24. The Bertz CT molecular complexity index is 616. The Hall–Kier alpha value is -2.30. The van der Waals surface area contributed by atoms with E-state index in [9.17, 15) is 9.59 Å². The smallest absolute Gasteiger partial charge is 0.340 e. The van der Waals surface area contributed by atoms with Crippen LogP contribution < -0.4 is 5.32 Å². The van der Waals surface area contributed by atoms with Gasteiger partial charge in [0.1, 0.15) is 0 Å². The Labute approximate surface area is 111 Å². The molecule has 0 aliphatic rings. The zero-order valence-corrected chi connectivity index (χ0v) is 11.0. The van der Waals surface area contributed by atoms with Gasteiger partial charge in [-0.2, -0.15) is 0 Å². The van der Waals surface area contributed by atoms with Crippen LogP contribution in [0.3, 0.4) is 0 Å². The van der Waals surface area contributed by atoms with Gasteiger partial charge in [-0.3, -0.25) is 4.79 Å².